The summed E-state index contributed by atoms with van der Waals surface area (Å²) in [5.74, 6) is 1.45. The molecule has 1 saturated heterocycles. The summed E-state index contributed by atoms with van der Waals surface area (Å²) < 4.78 is 6.28. The van der Waals surface area contributed by atoms with Gasteiger partial charge in [0.25, 0.3) is 5.69 Å². The summed E-state index contributed by atoms with van der Waals surface area (Å²) in [5, 5.41) is 12.5. The fraction of sp³-hybridized carbons (Fsp3) is 0.696. The third-order valence-electron chi connectivity index (χ3n) is 5.57. The number of hydrogen-bond acceptors (Lipinski definition) is 5. The van der Waals surface area contributed by atoms with Crippen molar-refractivity contribution in [1.82, 2.24) is 4.90 Å². The van der Waals surface area contributed by atoms with Gasteiger partial charge in [0.05, 0.1) is 28.4 Å². The van der Waals surface area contributed by atoms with Crippen LogP contribution in [0.3, 0.4) is 0 Å². The summed E-state index contributed by atoms with van der Waals surface area (Å²) in [6, 6.07) is 3.74. The smallest absolute Gasteiger partial charge is 0.273 e. The number of ether oxygens (including phenoxy) is 1. The number of nitrogens with zero attached hydrogens (tertiary/aromatic N) is 3. The van der Waals surface area contributed by atoms with Crippen LogP contribution >= 0.6 is 11.8 Å². The minimum atomic E-state index is -0.252. The quantitative estimate of drug-likeness (QED) is 0.423. The van der Waals surface area contributed by atoms with Crippen LogP contribution in [0.1, 0.15) is 65.5 Å². The number of thioether (sulfide) groups is 1. The Balaban J connectivity index is 1.95. The first-order valence-electron chi connectivity index (χ1n) is 11.0. The van der Waals surface area contributed by atoms with Crippen molar-refractivity contribution in [2.24, 2.45) is 10.9 Å². The Morgan fingerprint density at radius 2 is 1.90 bits per heavy atom. The SMILES string of the molecule is CC(C)CN1/C(=N/c2ccc([N+](=O)[O-])c3c2CCCC3)SC[C@H]1[C@@H](C)OC(C)(C)C. The monoisotopic (exact) mass is 433 g/mol. The van der Waals surface area contributed by atoms with E-state index in [-0.39, 0.29) is 28.4 Å². The summed E-state index contributed by atoms with van der Waals surface area (Å²) >= 11 is 1.77. The molecular formula is C23H35N3O3S. The lowest BCUT2D eigenvalue weighted by Gasteiger charge is -2.35. The van der Waals surface area contributed by atoms with E-state index in [2.05, 4.69) is 46.4 Å². The van der Waals surface area contributed by atoms with E-state index in [1.165, 1.54) is 0 Å². The number of hydrogen-bond donors (Lipinski definition) is 0. The van der Waals surface area contributed by atoms with Gasteiger partial charge in [0.2, 0.25) is 0 Å². The van der Waals surface area contributed by atoms with E-state index in [9.17, 15) is 10.1 Å². The molecule has 0 unspecified atom stereocenters. The molecule has 2 atom stereocenters. The first-order chi connectivity index (χ1) is 14.1. The predicted molar refractivity (Wildman–Crippen MR) is 125 cm³/mol. The maximum atomic E-state index is 11.5. The van der Waals surface area contributed by atoms with Gasteiger partial charge in [-0.15, -0.1) is 0 Å². The van der Waals surface area contributed by atoms with Crippen LogP contribution in [-0.4, -0.2) is 45.0 Å². The Morgan fingerprint density at radius 3 is 2.50 bits per heavy atom. The number of aliphatic imine (C=N–C) groups is 1. The highest BCUT2D eigenvalue weighted by molar-refractivity contribution is 8.14. The van der Waals surface area contributed by atoms with Gasteiger partial charge in [0, 0.05) is 23.9 Å². The van der Waals surface area contributed by atoms with Crippen molar-refractivity contribution in [3.8, 4) is 0 Å². The molecule has 1 fully saturated rings. The zero-order valence-corrected chi connectivity index (χ0v) is 19.9. The molecule has 0 bridgehead atoms. The number of rotatable bonds is 6. The lowest BCUT2D eigenvalue weighted by atomic mass is 9.89. The standard InChI is InChI=1S/C23H35N3O3S/c1-15(2)13-25-21(16(3)29-23(4,5)6)14-30-22(25)24-19-11-12-20(26(27)28)18-10-8-7-9-17(18)19/h11-12,15-16,21H,7-10,13-14H2,1-6H3/b24-22-/t16-,21+/m1/s1. The minimum absolute atomic E-state index is 0.0923. The molecule has 1 aliphatic heterocycles. The second-order valence-electron chi connectivity index (χ2n) is 9.78. The Morgan fingerprint density at radius 1 is 1.23 bits per heavy atom. The van der Waals surface area contributed by atoms with Crippen molar-refractivity contribution in [2.45, 2.75) is 85.0 Å². The number of nitro benzene ring substituents is 1. The molecule has 1 aliphatic carbocycles. The molecule has 1 aromatic carbocycles. The molecule has 1 heterocycles. The maximum Gasteiger partial charge on any atom is 0.273 e. The fourth-order valence-electron chi connectivity index (χ4n) is 4.41. The topological polar surface area (TPSA) is 68.0 Å². The Labute approximate surface area is 184 Å². The molecule has 0 spiro atoms. The average molecular weight is 434 g/mol. The lowest BCUT2D eigenvalue weighted by Crippen LogP contribution is -2.46. The van der Waals surface area contributed by atoms with Crippen molar-refractivity contribution in [3.63, 3.8) is 0 Å². The van der Waals surface area contributed by atoms with Gasteiger partial charge in [0.15, 0.2) is 5.17 Å². The molecule has 0 radical (unpaired) electrons. The van der Waals surface area contributed by atoms with Crippen LogP contribution in [0.15, 0.2) is 17.1 Å². The predicted octanol–water partition coefficient (Wildman–Crippen LogP) is 5.74. The fourth-order valence-corrected chi connectivity index (χ4v) is 5.72. The van der Waals surface area contributed by atoms with Crippen molar-refractivity contribution in [3.05, 3.63) is 33.4 Å². The molecule has 0 N–H and O–H groups in total. The highest BCUT2D eigenvalue weighted by Gasteiger charge is 2.36. The molecule has 6 nitrogen and oxygen atoms in total. The molecule has 3 rings (SSSR count). The Kier molecular flexibility index (Phi) is 7.13. The molecule has 7 heteroatoms. The Bertz CT molecular complexity index is 817. The van der Waals surface area contributed by atoms with Crippen molar-refractivity contribution >= 4 is 28.3 Å². The average Bonchev–Trinajstić information content (AvgIpc) is 3.02. The number of amidine groups is 1. The highest BCUT2D eigenvalue weighted by atomic mass is 32.2. The third kappa shape index (κ3) is 5.35. The summed E-state index contributed by atoms with van der Waals surface area (Å²) in [7, 11) is 0. The minimum Gasteiger partial charge on any atom is -0.371 e. The summed E-state index contributed by atoms with van der Waals surface area (Å²) in [6.07, 6.45) is 3.80. The van der Waals surface area contributed by atoms with Crippen molar-refractivity contribution < 1.29 is 9.66 Å². The lowest BCUT2D eigenvalue weighted by molar-refractivity contribution is -0.385. The van der Waals surface area contributed by atoms with Gasteiger partial charge in [-0.2, -0.15) is 0 Å². The van der Waals surface area contributed by atoms with Crippen LogP contribution in [-0.2, 0) is 17.6 Å². The van der Waals surface area contributed by atoms with Gasteiger partial charge in [-0.1, -0.05) is 25.6 Å². The second kappa shape index (κ2) is 9.27. The molecule has 1 aromatic rings. The van der Waals surface area contributed by atoms with Crippen LogP contribution in [0.4, 0.5) is 11.4 Å². The van der Waals surface area contributed by atoms with E-state index in [1.54, 1.807) is 17.8 Å². The summed E-state index contributed by atoms with van der Waals surface area (Å²) in [5.41, 5.74) is 2.90. The molecule has 0 saturated carbocycles. The zero-order valence-electron chi connectivity index (χ0n) is 19.1. The first-order valence-corrected chi connectivity index (χ1v) is 12.0. The summed E-state index contributed by atoms with van der Waals surface area (Å²) in [6.45, 7) is 13.8. The van der Waals surface area contributed by atoms with Crippen molar-refractivity contribution in [2.75, 3.05) is 12.3 Å². The third-order valence-corrected chi connectivity index (χ3v) is 6.66. The summed E-state index contributed by atoms with van der Waals surface area (Å²) in [4.78, 5) is 18.7. The van der Waals surface area contributed by atoms with Gasteiger partial charge in [-0.25, -0.2) is 4.99 Å². The molecule has 0 amide bonds. The number of benzene rings is 1. The van der Waals surface area contributed by atoms with Crippen LogP contribution in [0.25, 0.3) is 0 Å². The van der Waals surface area contributed by atoms with E-state index in [1.807, 2.05) is 6.07 Å². The van der Waals surface area contributed by atoms with Crippen LogP contribution in [0.2, 0.25) is 0 Å². The van der Waals surface area contributed by atoms with Gasteiger partial charge in [-0.05, 0) is 70.9 Å². The maximum absolute atomic E-state index is 11.5. The first kappa shape index (κ1) is 23.1. The molecule has 166 valence electrons. The molecular weight excluding hydrogens is 398 g/mol. The highest BCUT2D eigenvalue weighted by Crippen LogP contribution is 2.38. The van der Waals surface area contributed by atoms with Crippen LogP contribution < -0.4 is 0 Å². The normalized spacial score (nSPS) is 21.9. The zero-order chi connectivity index (χ0) is 22.1. The van der Waals surface area contributed by atoms with Gasteiger partial charge >= 0.3 is 0 Å². The van der Waals surface area contributed by atoms with E-state index in [0.717, 1.165) is 60.0 Å². The van der Waals surface area contributed by atoms with Crippen LogP contribution in [0.5, 0.6) is 0 Å². The number of nitro groups is 1. The van der Waals surface area contributed by atoms with Gasteiger partial charge in [-0.3, -0.25) is 10.1 Å². The molecule has 0 aromatic heterocycles. The number of fused-ring (bicyclic) bond motifs is 1. The Hall–Kier alpha value is -1.60. The van der Waals surface area contributed by atoms with E-state index >= 15 is 0 Å². The van der Waals surface area contributed by atoms with E-state index in [4.69, 9.17) is 9.73 Å². The second-order valence-corrected chi connectivity index (χ2v) is 10.8. The van der Waals surface area contributed by atoms with E-state index in [0.29, 0.717) is 5.92 Å². The largest absolute Gasteiger partial charge is 0.371 e. The van der Waals surface area contributed by atoms with Gasteiger partial charge < -0.3 is 9.64 Å². The van der Waals surface area contributed by atoms with E-state index < -0.39 is 0 Å². The van der Waals surface area contributed by atoms with Crippen molar-refractivity contribution in [1.29, 1.82) is 0 Å². The van der Waals surface area contributed by atoms with Crippen LogP contribution in [0, 0.1) is 16.0 Å². The molecule has 30 heavy (non-hydrogen) atoms. The van der Waals surface area contributed by atoms with Gasteiger partial charge in [0.1, 0.15) is 0 Å². The molecule has 2 aliphatic rings.